The first-order valence-corrected chi connectivity index (χ1v) is 7.04. The molecule has 3 aromatic heterocycles. The molecule has 0 aliphatic rings. The fourth-order valence-electron chi connectivity index (χ4n) is 2.38. The number of hydrogen-bond acceptors (Lipinski definition) is 5. The average molecular weight is 304 g/mol. The number of nitrogens with zero attached hydrogens (tertiary/aromatic N) is 2. The second kappa shape index (κ2) is 5.42. The molecule has 4 rings (SSSR count). The van der Waals surface area contributed by atoms with Crippen molar-refractivity contribution in [1.82, 2.24) is 15.0 Å². The summed E-state index contributed by atoms with van der Waals surface area (Å²) >= 11 is 0. The predicted molar refractivity (Wildman–Crippen MR) is 87.6 cm³/mol. The lowest BCUT2D eigenvalue weighted by molar-refractivity contribution is 0.555. The number of H-pyrrole nitrogens is 1. The number of oxazole rings is 1. The number of fused-ring (bicyclic) bond motifs is 1. The minimum absolute atomic E-state index is 0.458. The summed E-state index contributed by atoms with van der Waals surface area (Å²) in [6, 6.07) is 13.2. The highest BCUT2D eigenvalue weighted by molar-refractivity contribution is 5.80. The maximum Gasteiger partial charge on any atom is 0.417 e. The van der Waals surface area contributed by atoms with E-state index >= 15 is 0 Å². The average Bonchev–Trinajstić information content (AvgIpc) is 2.95. The van der Waals surface area contributed by atoms with Gasteiger partial charge >= 0.3 is 5.76 Å². The van der Waals surface area contributed by atoms with Gasteiger partial charge in [0.2, 0.25) is 0 Å². The Bertz CT molecular complexity index is 1020. The molecule has 0 amide bonds. The van der Waals surface area contributed by atoms with Crippen LogP contribution in [-0.2, 0) is 0 Å². The van der Waals surface area contributed by atoms with Crippen LogP contribution in [0.2, 0.25) is 0 Å². The molecule has 0 aliphatic carbocycles. The normalized spacial score (nSPS) is 10.8. The molecule has 0 radical (unpaired) electrons. The van der Waals surface area contributed by atoms with Crippen LogP contribution in [0.4, 0.5) is 11.5 Å². The van der Waals surface area contributed by atoms with Gasteiger partial charge in [-0.25, -0.2) is 9.78 Å². The largest absolute Gasteiger partial charge is 0.417 e. The van der Waals surface area contributed by atoms with Crippen LogP contribution in [0.3, 0.4) is 0 Å². The summed E-state index contributed by atoms with van der Waals surface area (Å²) in [5.41, 5.74) is 3.86. The zero-order valence-electron chi connectivity index (χ0n) is 12.0. The molecule has 0 fully saturated rings. The summed E-state index contributed by atoms with van der Waals surface area (Å²) in [5, 5.41) is 3.20. The molecule has 3 heterocycles. The molecule has 0 bridgehead atoms. The Balaban J connectivity index is 1.70. The SMILES string of the molecule is O=c1[nH]c2ccc(-c3cncc(Nc4ccccn4)c3)cc2o1. The van der Waals surface area contributed by atoms with E-state index in [9.17, 15) is 4.79 Å². The van der Waals surface area contributed by atoms with Crippen LogP contribution < -0.4 is 11.1 Å². The maximum atomic E-state index is 11.2. The molecule has 2 N–H and O–H groups in total. The van der Waals surface area contributed by atoms with E-state index in [-0.39, 0.29) is 0 Å². The number of hydrogen-bond donors (Lipinski definition) is 2. The van der Waals surface area contributed by atoms with Gasteiger partial charge in [-0.1, -0.05) is 12.1 Å². The zero-order chi connectivity index (χ0) is 15.6. The first kappa shape index (κ1) is 13.3. The van der Waals surface area contributed by atoms with Crippen molar-refractivity contribution in [2.24, 2.45) is 0 Å². The van der Waals surface area contributed by atoms with Crippen molar-refractivity contribution in [2.75, 3.05) is 5.32 Å². The van der Waals surface area contributed by atoms with Crippen LogP contribution in [0.25, 0.3) is 22.2 Å². The van der Waals surface area contributed by atoms with Crippen LogP contribution in [0.1, 0.15) is 0 Å². The molecule has 6 heteroatoms. The monoisotopic (exact) mass is 304 g/mol. The first-order valence-electron chi connectivity index (χ1n) is 7.04. The van der Waals surface area contributed by atoms with Crippen LogP contribution in [0, 0.1) is 0 Å². The molecule has 1 aromatic carbocycles. The Morgan fingerprint density at radius 1 is 1.04 bits per heavy atom. The molecule has 0 saturated carbocycles. The number of aromatic amines is 1. The molecule has 0 spiro atoms. The van der Waals surface area contributed by atoms with Crippen molar-refractivity contribution in [2.45, 2.75) is 0 Å². The molecule has 0 unspecified atom stereocenters. The van der Waals surface area contributed by atoms with E-state index in [1.807, 2.05) is 42.5 Å². The van der Waals surface area contributed by atoms with Crippen molar-refractivity contribution in [3.05, 3.63) is 71.6 Å². The lowest BCUT2D eigenvalue weighted by atomic mass is 10.1. The number of aromatic nitrogens is 3. The number of anilines is 2. The standard InChI is InChI=1S/C17H12N4O2/c22-17-21-14-5-4-11(8-15(14)23-17)12-7-13(10-18-9-12)20-16-3-1-2-6-19-16/h1-10H,(H,19,20)(H,21,22). The van der Waals surface area contributed by atoms with Gasteiger partial charge in [0.1, 0.15) is 5.82 Å². The molecule has 4 aromatic rings. The summed E-state index contributed by atoms with van der Waals surface area (Å²) in [5.74, 6) is 0.291. The summed E-state index contributed by atoms with van der Waals surface area (Å²) in [6.07, 6.45) is 5.21. The molecule has 0 aliphatic heterocycles. The fourth-order valence-corrected chi connectivity index (χ4v) is 2.38. The van der Waals surface area contributed by atoms with E-state index in [2.05, 4.69) is 20.3 Å². The van der Waals surface area contributed by atoms with E-state index in [0.29, 0.717) is 11.1 Å². The highest BCUT2D eigenvalue weighted by Gasteiger charge is 2.05. The summed E-state index contributed by atoms with van der Waals surface area (Å²) in [6.45, 7) is 0. The smallest absolute Gasteiger partial charge is 0.408 e. The summed E-state index contributed by atoms with van der Waals surface area (Å²) < 4.78 is 5.10. The second-order valence-electron chi connectivity index (χ2n) is 5.03. The minimum atomic E-state index is -0.458. The Kier molecular flexibility index (Phi) is 3.12. The quantitative estimate of drug-likeness (QED) is 0.606. The van der Waals surface area contributed by atoms with Gasteiger partial charge in [-0.3, -0.25) is 9.97 Å². The van der Waals surface area contributed by atoms with Gasteiger partial charge in [0.05, 0.1) is 17.4 Å². The lowest BCUT2D eigenvalue weighted by Gasteiger charge is -2.07. The Hall–Kier alpha value is -3.41. The third-order valence-corrected chi connectivity index (χ3v) is 3.43. The van der Waals surface area contributed by atoms with Crippen molar-refractivity contribution >= 4 is 22.6 Å². The van der Waals surface area contributed by atoms with E-state index < -0.39 is 5.76 Å². The highest BCUT2D eigenvalue weighted by Crippen LogP contribution is 2.25. The number of pyridine rings is 2. The van der Waals surface area contributed by atoms with Gasteiger partial charge in [0, 0.05) is 18.0 Å². The summed E-state index contributed by atoms with van der Waals surface area (Å²) in [7, 11) is 0. The predicted octanol–water partition coefficient (Wildman–Crippen LogP) is 3.32. The molecular weight excluding hydrogens is 292 g/mol. The first-order chi connectivity index (χ1) is 11.3. The topological polar surface area (TPSA) is 83.8 Å². The molecule has 23 heavy (non-hydrogen) atoms. The molecule has 0 atom stereocenters. The van der Waals surface area contributed by atoms with E-state index in [1.54, 1.807) is 18.6 Å². The Labute approximate surface area is 130 Å². The fraction of sp³-hybridized carbons (Fsp3) is 0. The van der Waals surface area contributed by atoms with Crippen molar-refractivity contribution in [1.29, 1.82) is 0 Å². The van der Waals surface area contributed by atoms with Crippen molar-refractivity contribution in [3.8, 4) is 11.1 Å². The number of nitrogens with one attached hydrogen (secondary N) is 2. The molecule has 0 saturated heterocycles. The molecular formula is C17H12N4O2. The van der Waals surface area contributed by atoms with Crippen LogP contribution in [0.15, 0.2) is 70.3 Å². The van der Waals surface area contributed by atoms with Gasteiger partial charge in [-0.05, 0) is 35.9 Å². The van der Waals surface area contributed by atoms with Gasteiger partial charge < -0.3 is 9.73 Å². The van der Waals surface area contributed by atoms with E-state index in [4.69, 9.17) is 4.42 Å². The van der Waals surface area contributed by atoms with Gasteiger partial charge in [-0.15, -0.1) is 0 Å². The van der Waals surface area contributed by atoms with Gasteiger partial charge in [0.25, 0.3) is 0 Å². The molecule has 6 nitrogen and oxygen atoms in total. The van der Waals surface area contributed by atoms with Crippen LogP contribution in [0.5, 0.6) is 0 Å². The van der Waals surface area contributed by atoms with E-state index in [0.717, 1.165) is 22.6 Å². The summed E-state index contributed by atoms with van der Waals surface area (Å²) in [4.78, 5) is 22.3. The van der Waals surface area contributed by atoms with Gasteiger partial charge in [-0.2, -0.15) is 0 Å². The Morgan fingerprint density at radius 2 is 2.00 bits per heavy atom. The second-order valence-corrected chi connectivity index (χ2v) is 5.03. The minimum Gasteiger partial charge on any atom is -0.408 e. The Morgan fingerprint density at radius 3 is 2.87 bits per heavy atom. The lowest BCUT2D eigenvalue weighted by Crippen LogP contribution is -1.93. The van der Waals surface area contributed by atoms with Crippen molar-refractivity contribution < 1.29 is 4.42 Å². The number of rotatable bonds is 3. The highest BCUT2D eigenvalue weighted by atomic mass is 16.4. The van der Waals surface area contributed by atoms with Crippen molar-refractivity contribution in [3.63, 3.8) is 0 Å². The third-order valence-electron chi connectivity index (χ3n) is 3.43. The zero-order valence-corrected chi connectivity index (χ0v) is 12.0. The molecule has 112 valence electrons. The third kappa shape index (κ3) is 2.69. The van der Waals surface area contributed by atoms with Crippen LogP contribution >= 0.6 is 0 Å². The number of benzene rings is 1. The van der Waals surface area contributed by atoms with Crippen LogP contribution in [-0.4, -0.2) is 15.0 Å². The van der Waals surface area contributed by atoms with Gasteiger partial charge in [0.15, 0.2) is 5.58 Å². The van der Waals surface area contributed by atoms with E-state index in [1.165, 1.54) is 0 Å². The maximum absolute atomic E-state index is 11.2.